The Hall–Kier alpha value is -1.69. The van der Waals surface area contributed by atoms with E-state index in [9.17, 15) is 9.59 Å². The fourth-order valence-corrected chi connectivity index (χ4v) is 4.61. The largest absolute Gasteiger partial charge is 0.341 e. The third kappa shape index (κ3) is 2.66. The average molecular weight is 330 g/mol. The van der Waals surface area contributed by atoms with Crippen LogP contribution in [0.1, 0.15) is 36.3 Å². The van der Waals surface area contributed by atoms with E-state index in [1.54, 1.807) is 11.6 Å². The number of piperidine rings is 1. The van der Waals surface area contributed by atoms with Crippen molar-refractivity contribution in [1.82, 2.24) is 19.4 Å². The van der Waals surface area contributed by atoms with E-state index in [4.69, 9.17) is 0 Å². The van der Waals surface area contributed by atoms with Crippen LogP contribution in [0.15, 0.2) is 4.79 Å². The number of carbonyl (C=O) groups is 1. The SMILES string of the molecule is Cc1nc2c(c(=O)n1C)CCN(C(=O)CN1C[C@@H]3CC[C@@H]1C3)CC2. The summed E-state index contributed by atoms with van der Waals surface area (Å²) in [6.45, 7) is 4.80. The number of nitrogens with zero attached hydrogens (tertiary/aromatic N) is 4. The predicted octanol–water partition coefficient (Wildman–Crippen LogP) is 0.500. The van der Waals surface area contributed by atoms with Crippen molar-refractivity contribution in [2.75, 3.05) is 26.2 Å². The highest BCUT2D eigenvalue weighted by atomic mass is 16.2. The van der Waals surface area contributed by atoms with Crippen LogP contribution in [-0.2, 0) is 24.7 Å². The van der Waals surface area contributed by atoms with Crippen LogP contribution in [0.3, 0.4) is 0 Å². The standard InChI is InChI=1S/C18H26N4O2/c1-12-19-16-6-8-21(7-5-15(16)18(24)20(12)2)17(23)11-22-10-13-3-4-14(22)9-13/h13-14H,3-11H2,1-2H3/t13-,14-/m1/s1. The molecular weight excluding hydrogens is 304 g/mol. The third-order valence-corrected chi connectivity index (χ3v) is 6.16. The Labute approximate surface area is 142 Å². The van der Waals surface area contributed by atoms with E-state index in [1.807, 2.05) is 11.8 Å². The number of hydrogen-bond donors (Lipinski definition) is 0. The van der Waals surface area contributed by atoms with Gasteiger partial charge in [0, 0.05) is 44.7 Å². The van der Waals surface area contributed by atoms with Gasteiger partial charge < -0.3 is 4.90 Å². The average Bonchev–Trinajstić information content (AvgIpc) is 3.10. The van der Waals surface area contributed by atoms with Crippen molar-refractivity contribution >= 4 is 5.91 Å². The first-order valence-electron chi connectivity index (χ1n) is 9.10. The summed E-state index contributed by atoms with van der Waals surface area (Å²) < 4.78 is 1.61. The molecule has 0 spiro atoms. The molecule has 0 aromatic carbocycles. The molecule has 1 aromatic rings. The highest BCUT2D eigenvalue weighted by Gasteiger charge is 2.38. The Balaban J connectivity index is 1.45. The van der Waals surface area contributed by atoms with Crippen molar-refractivity contribution in [3.63, 3.8) is 0 Å². The maximum Gasteiger partial charge on any atom is 0.256 e. The zero-order valence-electron chi connectivity index (χ0n) is 14.6. The molecule has 3 heterocycles. The molecule has 4 rings (SSSR count). The van der Waals surface area contributed by atoms with Crippen molar-refractivity contribution in [3.05, 3.63) is 27.4 Å². The lowest BCUT2D eigenvalue weighted by atomic mass is 10.1. The van der Waals surface area contributed by atoms with Crippen LogP contribution in [0.4, 0.5) is 0 Å². The molecule has 6 heteroatoms. The van der Waals surface area contributed by atoms with Crippen molar-refractivity contribution in [2.24, 2.45) is 13.0 Å². The maximum absolute atomic E-state index is 12.7. The number of carbonyl (C=O) groups excluding carboxylic acids is 1. The number of fused-ring (bicyclic) bond motifs is 3. The van der Waals surface area contributed by atoms with Gasteiger partial charge in [0.05, 0.1) is 12.2 Å². The van der Waals surface area contributed by atoms with Crippen LogP contribution in [-0.4, -0.2) is 57.5 Å². The van der Waals surface area contributed by atoms with Crippen LogP contribution in [0.25, 0.3) is 0 Å². The molecule has 1 saturated carbocycles. The second-order valence-corrected chi connectivity index (χ2v) is 7.59. The molecule has 1 amide bonds. The van der Waals surface area contributed by atoms with Gasteiger partial charge in [-0.2, -0.15) is 0 Å². The predicted molar refractivity (Wildman–Crippen MR) is 90.9 cm³/mol. The summed E-state index contributed by atoms with van der Waals surface area (Å²) >= 11 is 0. The number of likely N-dealkylation sites (tertiary alicyclic amines) is 1. The fourth-order valence-electron chi connectivity index (χ4n) is 4.61. The van der Waals surface area contributed by atoms with E-state index in [2.05, 4.69) is 9.88 Å². The molecule has 2 bridgehead atoms. The van der Waals surface area contributed by atoms with Gasteiger partial charge in [0.2, 0.25) is 5.91 Å². The van der Waals surface area contributed by atoms with Gasteiger partial charge in [-0.25, -0.2) is 4.98 Å². The van der Waals surface area contributed by atoms with E-state index in [0.29, 0.717) is 38.5 Å². The molecule has 0 N–H and O–H groups in total. The lowest BCUT2D eigenvalue weighted by Crippen LogP contribution is -2.44. The van der Waals surface area contributed by atoms with Crippen LogP contribution < -0.4 is 5.56 Å². The van der Waals surface area contributed by atoms with E-state index in [0.717, 1.165) is 29.5 Å². The number of aromatic nitrogens is 2. The molecule has 3 aliphatic rings. The molecule has 2 fully saturated rings. The summed E-state index contributed by atoms with van der Waals surface area (Å²) in [7, 11) is 1.77. The molecule has 6 nitrogen and oxygen atoms in total. The quantitative estimate of drug-likeness (QED) is 0.792. The van der Waals surface area contributed by atoms with Gasteiger partial charge in [0.15, 0.2) is 0 Å². The summed E-state index contributed by atoms with van der Waals surface area (Å²) in [6, 6.07) is 0.625. The van der Waals surface area contributed by atoms with Gasteiger partial charge in [-0.3, -0.25) is 19.1 Å². The first kappa shape index (κ1) is 15.8. The molecule has 2 aliphatic heterocycles. The molecule has 130 valence electrons. The first-order valence-corrected chi connectivity index (χ1v) is 9.10. The van der Waals surface area contributed by atoms with Crippen molar-refractivity contribution in [3.8, 4) is 0 Å². The van der Waals surface area contributed by atoms with E-state index in [1.165, 1.54) is 19.3 Å². The van der Waals surface area contributed by atoms with Gasteiger partial charge in [-0.1, -0.05) is 0 Å². The number of amides is 1. The van der Waals surface area contributed by atoms with E-state index < -0.39 is 0 Å². The maximum atomic E-state index is 12.7. The van der Waals surface area contributed by atoms with Gasteiger partial charge in [-0.05, 0) is 38.5 Å². The number of aryl methyl sites for hydroxylation is 1. The molecule has 1 aromatic heterocycles. The van der Waals surface area contributed by atoms with Gasteiger partial charge in [-0.15, -0.1) is 0 Å². The Bertz CT molecular complexity index is 726. The first-order chi connectivity index (χ1) is 11.5. The summed E-state index contributed by atoms with van der Waals surface area (Å²) in [5, 5.41) is 0. The van der Waals surface area contributed by atoms with E-state index in [-0.39, 0.29) is 11.5 Å². The zero-order chi connectivity index (χ0) is 16.8. The molecule has 0 unspecified atom stereocenters. The molecule has 1 saturated heterocycles. The lowest BCUT2D eigenvalue weighted by Gasteiger charge is -2.29. The lowest BCUT2D eigenvalue weighted by molar-refractivity contribution is -0.132. The highest BCUT2D eigenvalue weighted by Crippen LogP contribution is 2.37. The summed E-state index contributed by atoms with van der Waals surface area (Å²) in [5.74, 6) is 1.77. The third-order valence-electron chi connectivity index (χ3n) is 6.16. The summed E-state index contributed by atoms with van der Waals surface area (Å²) in [5.41, 5.74) is 1.72. The monoisotopic (exact) mass is 330 g/mol. The Morgan fingerprint density at radius 2 is 2.04 bits per heavy atom. The second kappa shape index (κ2) is 5.99. The molecular formula is C18H26N4O2. The Morgan fingerprint density at radius 1 is 1.25 bits per heavy atom. The minimum Gasteiger partial charge on any atom is -0.341 e. The fraction of sp³-hybridized carbons (Fsp3) is 0.722. The minimum absolute atomic E-state index is 0.0450. The number of hydrogen-bond acceptors (Lipinski definition) is 4. The summed E-state index contributed by atoms with van der Waals surface area (Å²) in [6.07, 6.45) is 5.17. The second-order valence-electron chi connectivity index (χ2n) is 7.59. The minimum atomic E-state index is 0.0450. The molecule has 24 heavy (non-hydrogen) atoms. The Morgan fingerprint density at radius 3 is 2.75 bits per heavy atom. The summed E-state index contributed by atoms with van der Waals surface area (Å²) in [4.78, 5) is 34.1. The van der Waals surface area contributed by atoms with Crippen molar-refractivity contribution < 1.29 is 4.79 Å². The Kier molecular flexibility index (Phi) is 3.95. The number of rotatable bonds is 2. The van der Waals surface area contributed by atoms with Gasteiger partial charge >= 0.3 is 0 Å². The van der Waals surface area contributed by atoms with Crippen LogP contribution in [0.5, 0.6) is 0 Å². The molecule has 2 atom stereocenters. The van der Waals surface area contributed by atoms with Gasteiger partial charge in [0.25, 0.3) is 5.56 Å². The highest BCUT2D eigenvalue weighted by molar-refractivity contribution is 5.78. The van der Waals surface area contributed by atoms with Crippen LogP contribution in [0.2, 0.25) is 0 Å². The topological polar surface area (TPSA) is 58.4 Å². The smallest absolute Gasteiger partial charge is 0.256 e. The molecule has 1 aliphatic carbocycles. The van der Waals surface area contributed by atoms with E-state index >= 15 is 0 Å². The van der Waals surface area contributed by atoms with Gasteiger partial charge in [0.1, 0.15) is 5.82 Å². The van der Waals surface area contributed by atoms with Crippen molar-refractivity contribution in [2.45, 2.75) is 45.1 Å². The van der Waals surface area contributed by atoms with Crippen molar-refractivity contribution in [1.29, 1.82) is 0 Å². The normalized spacial score (nSPS) is 26.5. The molecule has 0 radical (unpaired) electrons. The zero-order valence-corrected chi connectivity index (χ0v) is 14.6. The van der Waals surface area contributed by atoms with Crippen LogP contribution >= 0.6 is 0 Å². The van der Waals surface area contributed by atoms with Crippen LogP contribution in [0, 0.1) is 12.8 Å².